The highest BCUT2D eigenvalue weighted by atomic mass is 19.1. The van der Waals surface area contributed by atoms with Crippen LogP contribution in [0.5, 0.6) is 0 Å². The van der Waals surface area contributed by atoms with Crippen LogP contribution in [0.2, 0.25) is 0 Å². The monoisotopic (exact) mass is 346 g/mol. The molecule has 0 saturated carbocycles. The average molecular weight is 346 g/mol. The van der Waals surface area contributed by atoms with Crippen molar-refractivity contribution in [3.63, 3.8) is 0 Å². The Labute approximate surface area is 148 Å². The molecule has 1 unspecified atom stereocenters. The number of guanidine groups is 1. The number of benzene rings is 1. The number of likely N-dealkylation sites (N-methyl/N-ethyl adjacent to an activating group) is 1. The van der Waals surface area contributed by atoms with Gasteiger partial charge in [0, 0.05) is 26.3 Å². The molecule has 25 heavy (non-hydrogen) atoms. The highest BCUT2D eigenvalue weighted by Gasteiger charge is 2.15. The summed E-state index contributed by atoms with van der Waals surface area (Å²) in [5.41, 5.74) is 1.96. The minimum absolute atomic E-state index is 0.0382. The molecular weight excluding hydrogens is 319 g/mol. The zero-order chi connectivity index (χ0) is 18.2. The molecule has 0 saturated heterocycles. The van der Waals surface area contributed by atoms with Crippen molar-refractivity contribution in [1.82, 2.24) is 25.3 Å². The molecule has 2 N–H and O–H groups in total. The smallest absolute Gasteiger partial charge is 0.191 e. The van der Waals surface area contributed by atoms with Gasteiger partial charge in [-0.1, -0.05) is 12.1 Å². The van der Waals surface area contributed by atoms with Crippen molar-refractivity contribution in [1.29, 1.82) is 0 Å². The van der Waals surface area contributed by atoms with Gasteiger partial charge in [0.05, 0.1) is 18.3 Å². The Morgan fingerprint density at radius 3 is 2.72 bits per heavy atom. The van der Waals surface area contributed by atoms with Gasteiger partial charge in [-0.05, 0) is 44.8 Å². The molecule has 1 aromatic carbocycles. The van der Waals surface area contributed by atoms with Crippen molar-refractivity contribution in [2.75, 3.05) is 27.2 Å². The number of nitrogens with zero attached hydrogens (tertiary/aromatic N) is 4. The van der Waals surface area contributed by atoms with Crippen molar-refractivity contribution in [2.24, 2.45) is 12.0 Å². The lowest BCUT2D eigenvalue weighted by Crippen LogP contribution is -2.41. The summed E-state index contributed by atoms with van der Waals surface area (Å²) in [4.78, 5) is 6.66. The number of aromatic nitrogens is 2. The summed E-state index contributed by atoms with van der Waals surface area (Å²) in [5.74, 6) is 0.507. The number of hydrogen-bond donors (Lipinski definition) is 2. The minimum Gasteiger partial charge on any atom is -0.357 e. The molecule has 6 nitrogen and oxygen atoms in total. The maximum absolute atomic E-state index is 13.5. The summed E-state index contributed by atoms with van der Waals surface area (Å²) < 4.78 is 15.4. The standard InChI is InChI=1S/C18H27FN6/c1-5-20-18(21-12-16-9-10-23-25(16)4)22-13-17(24(2)3)14-7-6-8-15(19)11-14/h6-11,17H,5,12-13H2,1-4H3,(H2,20,21,22). The molecule has 1 heterocycles. The van der Waals surface area contributed by atoms with Crippen LogP contribution in [0, 0.1) is 5.82 Å². The number of halogens is 1. The van der Waals surface area contributed by atoms with Crippen molar-refractivity contribution >= 4 is 5.96 Å². The normalized spacial score (nSPS) is 13.1. The molecule has 0 spiro atoms. The van der Waals surface area contributed by atoms with Crippen LogP contribution in [0.15, 0.2) is 41.5 Å². The van der Waals surface area contributed by atoms with E-state index >= 15 is 0 Å². The predicted molar refractivity (Wildman–Crippen MR) is 98.9 cm³/mol. The summed E-state index contributed by atoms with van der Waals surface area (Å²) >= 11 is 0. The number of aliphatic imine (C=N–C) groups is 1. The molecule has 1 aromatic heterocycles. The third-order valence-electron chi connectivity index (χ3n) is 3.99. The van der Waals surface area contributed by atoms with Crippen molar-refractivity contribution < 1.29 is 4.39 Å². The Morgan fingerprint density at radius 1 is 1.32 bits per heavy atom. The van der Waals surface area contributed by atoms with Gasteiger partial charge in [0.2, 0.25) is 0 Å². The molecule has 7 heteroatoms. The van der Waals surface area contributed by atoms with Crippen LogP contribution in [-0.2, 0) is 13.6 Å². The lowest BCUT2D eigenvalue weighted by Gasteiger charge is -2.26. The van der Waals surface area contributed by atoms with Gasteiger partial charge in [-0.15, -0.1) is 0 Å². The number of aryl methyl sites for hydroxylation is 1. The highest BCUT2D eigenvalue weighted by molar-refractivity contribution is 5.79. The number of hydrogen-bond acceptors (Lipinski definition) is 3. The third kappa shape index (κ3) is 5.56. The lowest BCUT2D eigenvalue weighted by molar-refractivity contribution is 0.297. The summed E-state index contributed by atoms with van der Waals surface area (Å²) in [6.07, 6.45) is 1.76. The van der Waals surface area contributed by atoms with Crippen LogP contribution in [0.25, 0.3) is 0 Å². The van der Waals surface area contributed by atoms with E-state index in [-0.39, 0.29) is 11.9 Å². The first-order chi connectivity index (χ1) is 12.0. The highest BCUT2D eigenvalue weighted by Crippen LogP contribution is 2.18. The summed E-state index contributed by atoms with van der Waals surface area (Å²) in [6, 6.07) is 8.70. The Balaban J connectivity index is 2.05. The maximum atomic E-state index is 13.5. The fourth-order valence-electron chi connectivity index (χ4n) is 2.56. The van der Waals surface area contributed by atoms with E-state index in [2.05, 4.69) is 25.6 Å². The molecule has 0 bridgehead atoms. The first kappa shape index (κ1) is 18.9. The van der Waals surface area contributed by atoms with Gasteiger partial charge in [0.15, 0.2) is 5.96 Å². The topological polar surface area (TPSA) is 57.5 Å². The molecule has 2 rings (SSSR count). The van der Waals surface area contributed by atoms with E-state index < -0.39 is 0 Å². The largest absolute Gasteiger partial charge is 0.357 e. The molecule has 1 atom stereocenters. The van der Waals surface area contributed by atoms with E-state index in [0.717, 1.165) is 23.8 Å². The molecule has 0 fully saturated rings. The molecule has 136 valence electrons. The van der Waals surface area contributed by atoms with Crippen molar-refractivity contribution in [3.8, 4) is 0 Å². The number of rotatable bonds is 7. The predicted octanol–water partition coefficient (Wildman–Crippen LogP) is 1.92. The van der Waals surface area contributed by atoms with Gasteiger partial charge >= 0.3 is 0 Å². The van der Waals surface area contributed by atoms with Crippen molar-refractivity contribution in [3.05, 3.63) is 53.6 Å². The zero-order valence-electron chi connectivity index (χ0n) is 15.3. The Kier molecular flexibility index (Phi) is 6.94. The summed E-state index contributed by atoms with van der Waals surface area (Å²) in [7, 11) is 5.87. The fourth-order valence-corrected chi connectivity index (χ4v) is 2.56. The van der Waals surface area contributed by atoms with Gasteiger partial charge in [0.25, 0.3) is 0 Å². The van der Waals surface area contributed by atoms with E-state index in [1.165, 1.54) is 6.07 Å². The Bertz CT molecular complexity index is 694. The van der Waals surface area contributed by atoms with E-state index in [4.69, 9.17) is 0 Å². The van der Waals surface area contributed by atoms with Gasteiger partial charge in [-0.2, -0.15) is 5.10 Å². The first-order valence-corrected chi connectivity index (χ1v) is 8.42. The van der Waals surface area contributed by atoms with Crippen LogP contribution in [0.4, 0.5) is 4.39 Å². The second kappa shape index (κ2) is 9.17. The first-order valence-electron chi connectivity index (χ1n) is 8.42. The number of nitrogens with one attached hydrogen (secondary N) is 2. The SMILES string of the molecule is CCNC(=NCc1ccnn1C)NCC(c1cccc(F)c1)N(C)C. The second-order valence-electron chi connectivity index (χ2n) is 6.06. The quantitative estimate of drug-likeness (QED) is 0.594. The van der Waals surface area contributed by atoms with E-state index in [0.29, 0.717) is 13.1 Å². The molecule has 0 amide bonds. The summed E-state index contributed by atoms with van der Waals surface area (Å²) in [5, 5.41) is 10.7. The third-order valence-corrected chi connectivity index (χ3v) is 3.99. The van der Waals surface area contributed by atoms with E-state index in [9.17, 15) is 4.39 Å². The average Bonchev–Trinajstić information content (AvgIpc) is 2.97. The van der Waals surface area contributed by atoms with Crippen LogP contribution in [0.3, 0.4) is 0 Å². The van der Waals surface area contributed by atoms with Gasteiger partial charge in [-0.3, -0.25) is 4.68 Å². The molecule has 2 aromatic rings. The van der Waals surface area contributed by atoms with Crippen LogP contribution < -0.4 is 10.6 Å². The minimum atomic E-state index is -0.221. The summed E-state index contributed by atoms with van der Waals surface area (Å²) in [6.45, 7) is 3.95. The molecule has 0 aliphatic rings. The Morgan fingerprint density at radius 2 is 2.12 bits per heavy atom. The molecule has 0 aliphatic heterocycles. The van der Waals surface area contributed by atoms with Crippen LogP contribution in [-0.4, -0.2) is 47.8 Å². The molecule has 0 radical (unpaired) electrons. The maximum Gasteiger partial charge on any atom is 0.191 e. The van der Waals surface area contributed by atoms with Crippen LogP contribution in [0.1, 0.15) is 24.2 Å². The van der Waals surface area contributed by atoms with E-state index in [1.807, 2.05) is 44.9 Å². The Hall–Kier alpha value is -2.41. The van der Waals surface area contributed by atoms with Crippen molar-refractivity contribution in [2.45, 2.75) is 19.5 Å². The molecule has 0 aliphatic carbocycles. The lowest BCUT2D eigenvalue weighted by atomic mass is 10.1. The van der Waals surface area contributed by atoms with E-state index in [1.54, 1.807) is 18.3 Å². The van der Waals surface area contributed by atoms with Gasteiger partial charge in [0.1, 0.15) is 5.82 Å². The van der Waals surface area contributed by atoms with Gasteiger partial charge < -0.3 is 15.5 Å². The van der Waals surface area contributed by atoms with Crippen LogP contribution >= 0.6 is 0 Å². The zero-order valence-corrected chi connectivity index (χ0v) is 15.3. The van der Waals surface area contributed by atoms with Gasteiger partial charge in [-0.25, -0.2) is 9.38 Å². The molecular formula is C18H27FN6. The second-order valence-corrected chi connectivity index (χ2v) is 6.06. The fraction of sp³-hybridized carbons (Fsp3) is 0.444.